The van der Waals surface area contributed by atoms with Crippen LogP contribution in [-0.4, -0.2) is 0 Å². The van der Waals surface area contributed by atoms with Crippen LogP contribution in [0.5, 0.6) is 0 Å². The van der Waals surface area contributed by atoms with Crippen LogP contribution in [0.3, 0.4) is 0 Å². The van der Waals surface area contributed by atoms with Gasteiger partial charge in [-0.05, 0) is 148 Å². The summed E-state index contributed by atoms with van der Waals surface area (Å²) in [6, 6.07) is 5.12. The predicted octanol–water partition coefficient (Wildman–Crippen LogP) is 12.4. The Labute approximate surface area is 247 Å². The molecule has 0 heteroatoms. The lowest BCUT2D eigenvalue weighted by molar-refractivity contribution is 0.217. The highest BCUT2D eigenvalue weighted by Gasteiger charge is 2.31. The summed E-state index contributed by atoms with van der Waals surface area (Å²) in [6.45, 7) is 22.7. The third-order valence-corrected chi connectivity index (χ3v) is 10.7. The largest absolute Gasteiger partial charge is 0.0993 e. The molecule has 0 heterocycles. The molecule has 0 aliphatic heterocycles. The van der Waals surface area contributed by atoms with Crippen molar-refractivity contribution in [1.29, 1.82) is 0 Å². The maximum Gasteiger partial charge on any atom is 0.00950 e. The molecule has 2 atom stereocenters. The van der Waals surface area contributed by atoms with Gasteiger partial charge in [0.15, 0.2) is 0 Å². The Balaban J connectivity index is 1.40. The molecular formula is C40H58. The van der Waals surface area contributed by atoms with Gasteiger partial charge in [0.2, 0.25) is 0 Å². The fourth-order valence-electron chi connectivity index (χ4n) is 7.09. The Morgan fingerprint density at radius 2 is 1.82 bits per heavy atom. The lowest BCUT2D eigenvalue weighted by atomic mass is 9.70. The first-order valence-electron chi connectivity index (χ1n) is 16.7. The highest BCUT2D eigenvalue weighted by atomic mass is 14.4. The number of aryl methyl sites for hydroxylation is 1. The second kappa shape index (κ2) is 13.3. The van der Waals surface area contributed by atoms with Crippen molar-refractivity contribution in [1.82, 2.24) is 0 Å². The molecule has 1 aromatic carbocycles. The molecule has 2 fully saturated rings. The van der Waals surface area contributed by atoms with Crippen LogP contribution in [0.2, 0.25) is 0 Å². The summed E-state index contributed by atoms with van der Waals surface area (Å²) >= 11 is 0. The number of hydrogen-bond donors (Lipinski definition) is 0. The van der Waals surface area contributed by atoms with E-state index < -0.39 is 0 Å². The summed E-state index contributed by atoms with van der Waals surface area (Å²) in [6.07, 6.45) is 27.5. The minimum Gasteiger partial charge on any atom is -0.0993 e. The van der Waals surface area contributed by atoms with E-state index in [1.807, 2.05) is 0 Å². The number of unbranched alkanes of at least 4 members (excludes halogenated alkanes) is 1. The molecule has 0 N–H and O–H groups in total. The van der Waals surface area contributed by atoms with Crippen LogP contribution in [0, 0.1) is 23.7 Å². The van der Waals surface area contributed by atoms with Crippen molar-refractivity contribution in [2.24, 2.45) is 16.7 Å². The highest BCUT2D eigenvalue weighted by Crippen LogP contribution is 2.46. The Hall–Kier alpha value is -2.08. The van der Waals surface area contributed by atoms with Crippen molar-refractivity contribution >= 4 is 5.57 Å². The van der Waals surface area contributed by atoms with E-state index >= 15 is 0 Å². The van der Waals surface area contributed by atoms with Gasteiger partial charge in [0.1, 0.15) is 0 Å². The SMILES string of the molecule is C=C(CC(CC)(CCC)CCCC/C(=C/C)c1cc(C2CC2)cc(C)c1CC1CC1)C1=CCC(C)(C(=C)C)C=C1. The fourth-order valence-corrected chi connectivity index (χ4v) is 7.09. The van der Waals surface area contributed by atoms with E-state index in [1.54, 1.807) is 27.8 Å². The van der Waals surface area contributed by atoms with E-state index in [2.05, 4.69) is 91.1 Å². The van der Waals surface area contributed by atoms with E-state index in [0.717, 1.165) is 24.7 Å². The van der Waals surface area contributed by atoms with E-state index in [0.29, 0.717) is 5.41 Å². The molecule has 2 unspecified atom stereocenters. The lowest BCUT2D eigenvalue weighted by Gasteiger charge is -2.35. The van der Waals surface area contributed by atoms with E-state index in [4.69, 9.17) is 0 Å². The zero-order chi connectivity index (χ0) is 28.9. The molecule has 3 aliphatic rings. The van der Waals surface area contributed by atoms with Crippen LogP contribution >= 0.6 is 0 Å². The normalized spacial score (nSPS) is 22.6. The summed E-state index contributed by atoms with van der Waals surface area (Å²) < 4.78 is 0. The molecule has 40 heavy (non-hydrogen) atoms. The lowest BCUT2D eigenvalue weighted by Crippen LogP contribution is -2.22. The number of allylic oxidation sites excluding steroid dienone is 8. The summed E-state index contributed by atoms with van der Waals surface area (Å²) in [7, 11) is 0. The van der Waals surface area contributed by atoms with Crippen LogP contribution in [0.25, 0.3) is 5.57 Å². The van der Waals surface area contributed by atoms with Gasteiger partial charge in [-0.25, -0.2) is 0 Å². The minimum atomic E-state index is 0.0920. The van der Waals surface area contributed by atoms with E-state index in [-0.39, 0.29) is 5.41 Å². The van der Waals surface area contributed by atoms with Gasteiger partial charge >= 0.3 is 0 Å². The van der Waals surface area contributed by atoms with Crippen molar-refractivity contribution in [2.45, 2.75) is 137 Å². The van der Waals surface area contributed by atoms with E-state index in [9.17, 15) is 0 Å². The maximum absolute atomic E-state index is 4.62. The number of hydrogen-bond acceptors (Lipinski definition) is 0. The molecule has 4 rings (SSSR count). The molecule has 1 aromatic rings. The number of rotatable bonds is 16. The third kappa shape index (κ3) is 7.60. The fraction of sp³-hybridized carbons (Fsp3) is 0.600. The maximum atomic E-state index is 4.62. The van der Waals surface area contributed by atoms with Crippen LogP contribution in [0.4, 0.5) is 0 Å². The quantitative estimate of drug-likeness (QED) is 0.145. The third-order valence-electron chi connectivity index (χ3n) is 10.7. The van der Waals surface area contributed by atoms with Gasteiger partial charge in [0.05, 0.1) is 0 Å². The Kier molecular flexibility index (Phi) is 10.2. The Morgan fingerprint density at radius 3 is 2.38 bits per heavy atom. The van der Waals surface area contributed by atoms with Crippen LogP contribution in [-0.2, 0) is 6.42 Å². The zero-order valence-electron chi connectivity index (χ0n) is 26.9. The molecule has 218 valence electrons. The Morgan fingerprint density at radius 1 is 1.07 bits per heavy atom. The van der Waals surface area contributed by atoms with Gasteiger partial charge in [0, 0.05) is 5.41 Å². The molecular weight excluding hydrogens is 480 g/mol. The summed E-state index contributed by atoms with van der Waals surface area (Å²) in [5.41, 5.74) is 12.4. The summed E-state index contributed by atoms with van der Waals surface area (Å²) in [4.78, 5) is 0. The molecule has 0 amide bonds. The highest BCUT2D eigenvalue weighted by molar-refractivity contribution is 5.70. The monoisotopic (exact) mass is 538 g/mol. The zero-order valence-corrected chi connectivity index (χ0v) is 26.9. The molecule has 3 aliphatic carbocycles. The van der Waals surface area contributed by atoms with Gasteiger partial charge in [-0.1, -0.05) is 95.2 Å². The second-order valence-electron chi connectivity index (χ2n) is 14.1. The second-order valence-corrected chi connectivity index (χ2v) is 14.1. The topological polar surface area (TPSA) is 0 Å². The van der Waals surface area contributed by atoms with Crippen LogP contribution in [0.15, 0.2) is 66.3 Å². The van der Waals surface area contributed by atoms with Gasteiger partial charge in [0.25, 0.3) is 0 Å². The van der Waals surface area contributed by atoms with Gasteiger partial charge in [-0.3, -0.25) is 0 Å². The first-order valence-corrected chi connectivity index (χ1v) is 16.7. The first kappa shape index (κ1) is 30.9. The van der Waals surface area contributed by atoms with Gasteiger partial charge in [-0.2, -0.15) is 0 Å². The summed E-state index contributed by atoms with van der Waals surface area (Å²) in [5, 5.41) is 0. The van der Waals surface area contributed by atoms with E-state index in [1.165, 1.54) is 93.8 Å². The van der Waals surface area contributed by atoms with Crippen LogP contribution in [0.1, 0.15) is 146 Å². The average molecular weight is 539 g/mol. The number of benzene rings is 1. The van der Waals surface area contributed by atoms with Crippen molar-refractivity contribution in [3.8, 4) is 0 Å². The predicted molar refractivity (Wildman–Crippen MR) is 178 cm³/mol. The average Bonchev–Trinajstić information content (AvgIpc) is 3.85. The molecule has 0 bridgehead atoms. The standard InChI is InChI=1S/C40H58/c1-9-21-40(11-3,28-31(7)34-19-23-39(8,24-20-34)29(4)5)22-13-12-14-33(10-2)38-27-36(35-17-18-35)25-30(6)37(38)26-32-15-16-32/h10,19-20,23,25,27,32,35H,4,7,9,11-18,21-22,24,26,28H2,1-3,5-6,8H3/b33-10-. The van der Waals surface area contributed by atoms with Crippen molar-refractivity contribution in [3.63, 3.8) is 0 Å². The minimum absolute atomic E-state index is 0.0920. The van der Waals surface area contributed by atoms with Crippen LogP contribution < -0.4 is 0 Å². The van der Waals surface area contributed by atoms with Gasteiger partial charge in [-0.15, -0.1) is 0 Å². The smallest absolute Gasteiger partial charge is 0.00950 e. The first-order chi connectivity index (χ1) is 19.1. The van der Waals surface area contributed by atoms with Crippen molar-refractivity contribution in [2.75, 3.05) is 0 Å². The molecule has 2 saturated carbocycles. The van der Waals surface area contributed by atoms with Gasteiger partial charge < -0.3 is 0 Å². The summed E-state index contributed by atoms with van der Waals surface area (Å²) in [5.74, 6) is 1.75. The van der Waals surface area contributed by atoms with Crippen molar-refractivity contribution < 1.29 is 0 Å². The molecule has 0 spiro atoms. The molecule has 0 radical (unpaired) electrons. The molecule has 0 saturated heterocycles. The molecule has 0 nitrogen and oxygen atoms in total. The van der Waals surface area contributed by atoms with Crippen molar-refractivity contribution in [3.05, 3.63) is 88.6 Å². The Bertz CT molecular complexity index is 1160. The molecule has 0 aromatic heterocycles.